The molecule has 36 heavy (non-hydrogen) atoms. The number of H-pyrrole nitrogens is 1. The molecule has 2 aliphatic heterocycles. The lowest BCUT2D eigenvalue weighted by molar-refractivity contribution is -0.121. The van der Waals surface area contributed by atoms with Crippen molar-refractivity contribution in [2.45, 2.75) is 59.2 Å². The maximum Gasteiger partial charge on any atom is 0.330 e. The number of fused-ring (bicyclic) bond motifs is 2. The van der Waals surface area contributed by atoms with E-state index in [0.717, 1.165) is 44.6 Å². The van der Waals surface area contributed by atoms with Crippen molar-refractivity contribution in [3.8, 4) is 11.5 Å². The molecule has 2 aliphatic rings. The number of rotatable bonds is 8. The molecule has 0 unspecified atom stereocenters. The zero-order valence-corrected chi connectivity index (χ0v) is 20.7. The summed E-state index contributed by atoms with van der Waals surface area (Å²) in [4.78, 5) is 47.4. The number of anilines is 1. The average Bonchev–Trinajstić information content (AvgIpc) is 3.48. The Balaban J connectivity index is 1.26. The highest BCUT2D eigenvalue weighted by atomic mass is 16.7. The Labute approximate surface area is 208 Å². The highest BCUT2D eigenvalue weighted by Crippen LogP contribution is 2.34. The lowest BCUT2D eigenvalue weighted by Gasteiger charge is -2.31. The summed E-state index contributed by atoms with van der Waals surface area (Å²) in [7, 11) is 0. The Morgan fingerprint density at radius 2 is 1.92 bits per heavy atom. The number of carbonyl (C=O) groups is 1. The fraction of sp³-hybridized carbons (Fsp3) is 0.520. The van der Waals surface area contributed by atoms with E-state index in [4.69, 9.17) is 14.5 Å². The minimum Gasteiger partial charge on any atom is -0.454 e. The van der Waals surface area contributed by atoms with Gasteiger partial charge in [0.2, 0.25) is 12.7 Å². The van der Waals surface area contributed by atoms with E-state index < -0.39 is 11.2 Å². The van der Waals surface area contributed by atoms with Gasteiger partial charge in [0.05, 0.1) is 6.54 Å². The summed E-state index contributed by atoms with van der Waals surface area (Å²) in [6.07, 6.45) is 3.22. The largest absolute Gasteiger partial charge is 0.454 e. The maximum absolute atomic E-state index is 12.9. The van der Waals surface area contributed by atoms with Crippen LogP contribution >= 0.6 is 0 Å². The zero-order valence-electron chi connectivity index (χ0n) is 20.7. The second kappa shape index (κ2) is 10.2. The third-order valence-corrected chi connectivity index (χ3v) is 6.98. The van der Waals surface area contributed by atoms with E-state index in [1.165, 1.54) is 0 Å². The number of carbonyl (C=O) groups excluding carboxylic acids is 1. The first-order valence-corrected chi connectivity index (χ1v) is 12.6. The van der Waals surface area contributed by atoms with Crippen LogP contribution in [-0.4, -0.2) is 49.8 Å². The van der Waals surface area contributed by atoms with Crippen LogP contribution in [-0.2, 0) is 24.4 Å². The molecule has 11 nitrogen and oxygen atoms in total. The van der Waals surface area contributed by atoms with E-state index in [2.05, 4.69) is 22.1 Å². The van der Waals surface area contributed by atoms with Gasteiger partial charge in [0.15, 0.2) is 22.7 Å². The molecule has 0 spiro atoms. The van der Waals surface area contributed by atoms with Gasteiger partial charge in [0.1, 0.15) is 5.82 Å². The van der Waals surface area contributed by atoms with Crippen LogP contribution in [0.25, 0.3) is 11.2 Å². The van der Waals surface area contributed by atoms with Crippen LogP contribution in [0.5, 0.6) is 11.5 Å². The highest BCUT2D eigenvalue weighted by Gasteiger charge is 2.27. The van der Waals surface area contributed by atoms with E-state index in [-0.39, 0.29) is 18.6 Å². The van der Waals surface area contributed by atoms with Crippen molar-refractivity contribution in [2.75, 3.05) is 25.2 Å². The van der Waals surface area contributed by atoms with Crippen molar-refractivity contribution >= 4 is 22.8 Å². The molecule has 0 aliphatic carbocycles. The minimum absolute atomic E-state index is 0.000729. The van der Waals surface area contributed by atoms with Crippen molar-refractivity contribution in [1.82, 2.24) is 24.0 Å². The van der Waals surface area contributed by atoms with Gasteiger partial charge in [-0.1, -0.05) is 13.3 Å². The average molecular weight is 497 g/mol. The molecule has 192 valence electrons. The number of ether oxygens (including phenoxy) is 2. The minimum atomic E-state index is -0.414. The van der Waals surface area contributed by atoms with Gasteiger partial charge in [-0.25, -0.2) is 9.78 Å². The number of nitrogens with one attached hydrogen (secondary N) is 2. The number of amides is 1. The Morgan fingerprint density at radius 1 is 1.14 bits per heavy atom. The van der Waals surface area contributed by atoms with E-state index in [9.17, 15) is 14.4 Å². The Hall–Kier alpha value is -3.60. The summed E-state index contributed by atoms with van der Waals surface area (Å²) >= 11 is 0. The molecule has 3 aromatic rings. The normalized spacial score (nSPS) is 16.1. The molecule has 2 aromatic heterocycles. The maximum atomic E-state index is 12.9. The Morgan fingerprint density at radius 3 is 2.67 bits per heavy atom. The number of hydrogen-bond donors (Lipinski definition) is 2. The van der Waals surface area contributed by atoms with Gasteiger partial charge in [-0.05, 0) is 51.4 Å². The van der Waals surface area contributed by atoms with Crippen molar-refractivity contribution < 1.29 is 14.3 Å². The fourth-order valence-corrected chi connectivity index (χ4v) is 4.97. The number of unbranched alkanes of at least 4 members (excludes halogenated alkanes) is 1. The van der Waals surface area contributed by atoms with Gasteiger partial charge < -0.3 is 19.4 Å². The number of piperidine rings is 1. The summed E-state index contributed by atoms with van der Waals surface area (Å²) < 4.78 is 14.2. The Kier molecular flexibility index (Phi) is 6.82. The van der Waals surface area contributed by atoms with Crippen molar-refractivity contribution in [2.24, 2.45) is 5.92 Å². The second-order valence-corrected chi connectivity index (χ2v) is 9.32. The zero-order chi connectivity index (χ0) is 25.2. The van der Waals surface area contributed by atoms with Crippen LogP contribution < -0.4 is 26.0 Å². The molecule has 5 rings (SSSR count). The monoisotopic (exact) mass is 496 g/mol. The van der Waals surface area contributed by atoms with Gasteiger partial charge in [-0.15, -0.1) is 0 Å². The number of imidazole rings is 1. The quantitative estimate of drug-likeness (QED) is 0.490. The lowest BCUT2D eigenvalue weighted by atomic mass is 9.95. The Bertz CT molecular complexity index is 1380. The lowest BCUT2D eigenvalue weighted by Crippen LogP contribution is -2.38. The summed E-state index contributed by atoms with van der Waals surface area (Å²) in [5.41, 5.74) is 0.778. The number of aryl methyl sites for hydroxylation is 2. The van der Waals surface area contributed by atoms with Crippen LogP contribution in [0, 0.1) is 5.92 Å². The highest BCUT2D eigenvalue weighted by molar-refractivity contribution is 5.93. The van der Waals surface area contributed by atoms with E-state index in [1.54, 1.807) is 16.7 Å². The van der Waals surface area contributed by atoms with Crippen molar-refractivity contribution in [3.63, 3.8) is 0 Å². The first kappa shape index (κ1) is 24.1. The van der Waals surface area contributed by atoms with Crippen molar-refractivity contribution in [3.05, 3.63) is 44.9 Å². The fourth-order valence-electron chi connectivity index (χ4n) is 4.97. The first-order valence-electron chi connectivity index (χ1n) is 12.6. The van der Waals surface area contributed by atoms with Gasteiger partial charge in [-0.2, -0.15) is 0 Å². The van der Waals surface area contributed by atoms with E-state index in [0.29, 0.717) is 48.0 Å². The summed E-state index contributed by atoms with van der Waals surface area (Å²) in [6.45, 7) is 7.36. The number of nitrogens with zero attached hydrogens (tertiary/aromatic N) is 4. The number of likely N-dealkylation sites (tertiary alicyclic amines) is 1. The van der Waals surface area contributed by atoms with Gasteiger partial charge in [0.25, 0.3) is 5.56 Å². The standard InChI is InChI=1S/C25H32N6O5/c1-3-5-10-31-22-21(24(33)28-25(31)34)30(4-2)20(27-22)14-29-11-8-16(9-12-29)23(32)26-17-6-7-18-19(13-17)36-15-35-18/h6-7,13,16H,3-5,8-12,14-15H2,1-2H3,(H,26,32)(H,28,33,34). The molecule has 2 N–H and O–H groups in total. The molecular formula is C25H32N6O5. The van der Waals surface area contributed by atoms with Crippen LogP contribution in [0.15, 0.2) is 27.8 Å². The SMILES string of the molecule is CCCCn1c(=O)[nH]c(=O)c2c1nc(CN1CCC(C(=O)Nc3ccc4c(c3)OCO4)CC1)n2CC. The molecule has 4 heterocycles. The summed E-state index contributed by atoms with van der Waals surface area (Å²) in [5, 5.41) is 3.00. The predicted octanol–water partition coefficient (Wildman–Crippen LogP) is 2.29. The molecule has 11 heteroatoms. The summed E-state index contributed by atoms with van der Waals surface area (Å²) in [5.74, 6) is 2.00. The molecule has 1 aromatic carbocycles. The molecule has 0 atom stereocenters. The van der Waals surface area contributed by atoms with Crippen molar-refractivity contribution in [1.29, 1.82) is 0 Å². The molecule has 0 saturated carbocycles. The van der Waals surface area contributed by atoms with E-state index >= 15 is 0 Å². The van der Waals surface area contributed by atoms with Gasteiger partial charge in [-0.3, -0.25) is 24.0 Å². The molecule has 1 amide bonds. The number of aromatic amines is 1. The van der Waals surface area contributed by atoms with Crippen LogP contribution in [0.3, 0.4) is 0 Å². The number of aromatic nitrogens is 4. The molecule has 0 bridgehead atoms. The van der Waals surface area contributed by atoms with Gasteiger partial charge in [0, 0.05) is 30.8 Å². The smallest absolute Gasteiger partial charge is 0.330 e. The van der Waals surface area contributed by atoms with Crippen LogP contribution in [0.2, 0.25) is 0 Å². The van der Waals surface area contributed by atoms with Gasteiger partial charge >= 0.3 is 5.69 Å². The van der Waals surface area contributed by atoms with E-state index in [1.807, 2.05) is 17.6 Å². The second-order valence-electron chi connectivity index (χ2n) is 9.32. The molecule has 1 fully saturated rings. The number of hydrogen-bond acceptors (Lipinski definition) is 7. The molecule has 1 saturated heterocycles. The first-order chi connectivity index (χ1) is 17.5. The third kappa shape index (κ3) is 4.62. The summed E-state index contributed by atoms with van der Waals surface area (Å²) in [6, 6.07) is 5.40. The van der Waals surface area contributed by atoms with Crippen LogP contribution in [0.1, 0.15) is 45.4 Å². The molecular weight excluding hydrogens is 464 g/mol. The number of benzene rings is 1. The van der Waals surface area contributed by atoms with Crippen LogP contribution in [0.4, 0.5) is 5.69 Å². The molecule has 0 radical (unpaired) electrons. The topological polar surface area (TPSA) is 123 Å². The third-order valence-electron chi connectivity index (χ3n) is 6.98. The predicted molar refractivity (Wildman–Crippen MR) is 134 cm³/mol.